The maximum Gasteiger partial charge on any atom is 0.261 e. The number of aromatic nitrogens is 3. The molecule has 3 aromatic heterocycles. The Bertz CT molecular complexity index is 1180. The molecule has 0 unspecified atom stereocenters. The molecule has 0 radical (unpaired) electrons. The number of anilines is 1. The minimum absolute atomic E-state index is 0.0597. The smallest absolute Gasteiger partial charge is 0.261 e. The highest BCUT2D eigenvalue weighted by Crippen LogP contribution is 2.39. The van der Waals surface area contributed by atoms with E-state index in [-0.39, 0.29) is 5.91 Å². The molecule has 1 aliphatic rings. The molecule has 0 atom stereocenters. The number of fused-ring (bicyclic) bond motifs is 1. The maximum atomic E-state index is 12.9. The van der Waals surface area contributed by atoms with Crippen molar-refractivity contribution in [1.82, 2.24) is 19.9 Å². The molecule has 8 heteroatoms. The molecule has 4 aromatic rings. The van der Waals surface area contributed by atoms with Gasteiger partial charge in [0.25, 0.3) is 5.91 Å². The first-order chi connectivity index (χ1) is 15.3. The molecule has 0 saturated carbocycles. The van der Waals surface area contributed by atoms with Crippen LogP contribution in [0, 0.1) is 0 Å². The van der Waals surface area contributed by atoms with E-state index in [9.17, 15) is 4.79 Å². The average Bonchev–Trinajstić information content (AvgIpc) is 3.45. The predicted octanol–water partition coefficient (Wildman–Crippen LogP) is 3.27. The Hall–Kier alpha value is -3.23. The molecule has 1 amide bonds. The van der Waals surface area contributed by atoms with Gasteiger partial charge in [-0.05, 0) is 23.8 Å². The molecule has 5 rings (SSSR count). The lowest BCUT2D eigenvalue weighted by molar-refractivity contribution is 0.0958. The Labute approximate surface area is 184 Å². The van der Waals surface area contributed by atoms with Crippen molar-refractivity contribution in [2.45, 2.75) is 6.42 Å². The van der Waals surface area contributed by atoms with Crippen LogP contribution < -0.4 is 10.2 Å². The number of nitrogens with zero attached hydrogens (tertiary/aromatic N) is 4. The molecule has 1 aromatic carbocycles. The molecule has 31 heavy (non-hydrogen) atoms. The van der Waals surface area contributed by atoms with E-state index < -0.39 is 0 Å². The standard InChI is InChI=1S/C23H23N5O2S/c29-22(24-10-9-21-26-25-20-8-4-5-11-28(20)21)19-16-18(17-6-2-1-3-7-17)23(31-19)27-12-14-30-15-13-27/h1-8,11,16H,9-10,12-15H2,(H,24,29). The largest absolute Gasteiger partial charge is 0.378 e. The van der Waals surface area contributed by atoms with Gasteiger partial charge in [0, 0.05) is 37.8 Å². The molecule has 1 saturated heterocycles. The number of hydrogen-bond acceptors (Lipinski definition) is 6. The van der Waals surface area contributed by atoms with E-state index in [1.54, 1.807) is 11.3 Å². The third-order valence-electron chi connectivity index (χ3n) is 5.34. The van der Waals surface area contributed by atoms with Crippen molar-refractivity contribution >= 4 is 27.9 Å². The van der Waals surface area contributed by atoms with Crippen molar-refractivity contribution < 1.29 is 9.53 Å². The number of benzene rings is 1. The number of morpholine rings is 1. The summed E-state index contributed by atoms with van der Waals surface area (Å²) in [6, 6.07) is 18.0. The van der Waals surface area contributed by atoms with Crippen LogP contribution in [-0.2, 0) is 11.2 Å². The SMILES string of the molecule is O=C(NCCc1nnc2ccccn12)c1cc(-c2ccccc2)c(N2CCOCC2)s1. The Morgan fingerprint density at radius 2 is 1.87 bits per heavy atom. The quantitative estimate of drug-likeness (QED) is 0.505. The van der Waals surface area contributed by atoms with Crippen LogP contribution in [0.15, 0.2) is 60.8 Å². The fraction of sp³-hybridized carbons (Fsp3) is 0.261. The van der Waals surface area contributed by atoms with E-state index in [1.165, 1.54) is 0 Å². The Morgan fingerprint density at radius 1 is 1.06 bits per heavy atom. The van der Waals surface area contributed by atoms with E-state index in [2.05, 4.69) is 32.5 Å². The summed E-state index contributed by atoms with van der Waals surface area (Å²) in [4.78, 5) is 16.0. The summed E-state index contributed by atoms with van der Waals surface area (Å²) in [7, 11) is 0. The van der Waals surface area contributed by atoms with Crippen LogP contribution in [0.3, 0.4) is 0 Å². The number of carbonyl (C=O) groups is 1. The average molecular weight is 434 g/mol. The lowest BCUT2D eigenvalue weighted by Crippen LogP contribution is -2.35. The number of thiophene rings is 1. The van der Waals surface area contributed by atoms with Crippen LogP contribution in [0.5, 0.6) is 0 Å². The lowest BCUT2D eigenvalue weighted by Gasteiger charge is -2.28. The Kier molecular flexibility index (Phi) is 5.64. The highest BCUT2D eigenvalue weighted by molar-refractivity contribution is 7.18. The van der Waals surface area contributed by atoms with Crippen molar-refractivity contribution in [1.29, 1.82) is 0 Å². The van der Waals surface area contributed by atoms with Gasteiger partial charge in [0.2, 0.25) is 0 Å². The number of hydrogen-bond donors (Lipinski definition) is 1. The zero-order valence-electron chi connectivity index (χ0n) is 17.0. The van der Waals surface area contributed by atoms with Crippen molar-refractivity contribution in [2.75, 3.05) is 37.7 Å². The number of nitrogens with one attached hydrogen (secondary N) is 1. The molecule has 1 N–H and O–H groups in total. The summed E-state index contributed by atoms with van der Waals surface area (Å²) in [5.74, 6) is 0.775. The van der Waals surface area contributed by atoms with E-state index >= 15 is 0 Å². The van der Waals surface area contributed by atoms with Gasteiger partial charge in [-0.1, -0.05) is 36.4 Å². The highest BCUT2D eigenvalue weighted by atomic mass is 32.1. The van der Waals surface area contributed by atoms with Crippen molar-refractivity contribution in [3.63, 3.8) is 0 Å². The third-order valence-corrected chi connectivity index (χ3v) is 6.53. The fourth-order valence-electron chi connectivity index (χ4n) is 3.76. The number of pyridine rings is 1. The molecule has 0 bridgehead atoms. The molecule has 0 spiro atoms. The van der Waals surface area contributed by atoms with Gasteiger partial charge in [0.15, 0.2) is 5.65 Å². The normalized spacial score (nSPS) is 14.1. The first-order valence-corrected chi connectivity index (χ1v) is 11.2. The second-order valence-electron chi connectivity index (χ2n) is 7.35. The van der Waals surface area contributed by atoms with Crippen LogP contribution >= 0.6 is 11.3 Å². The summed E-state index contributed by atoms with van der Waals surface area (Å²) in [6.07, 6.45) is 2.55. The van der Waals surface area contributed by atoms with Gasteiger partial charge in [-0.2, -0.15) is 0 Å². The Morgan fingerprint density at radius 3 is 2.71 bits per heavy atom. The van der Waals surface area contributed by atoms with Gasteiger partial charge in [0.1, 0.15) is 5.82 Å². The van der Waals surface area contributed by atoms with Gasteiger partial charge in [-0.3, -0.25) is 9.20 Å². The second-order valence-corrected chi connectivity index (χ2v) is 8.38. The summed E-state index contributed by atoms with van der Waals surface area (Å²) in [6.45, 7) is 3.59. The summed E-state index contributed by atoms with van der Waals surface area (Å²) >= 11 is 1.54. The zero-order valence-corrected chi connectivity index (χ0v) is 17.8. The van der Waals surface area contributed by atoms with E-state index in [1.807, 2.05) is 53.1 Å². The van der Waals surface area contributed by atoms with Crippen LogP contribution in [0.25, 0.3) is 16.8 Å². The number of amides is 1. The first-order valence-electron chi connectivity index (χ1n) is 10.4. The highest BCUT2D eigenvalue weighted by Gasteiger charge is 2.22. The van der Waals surface area contributed by atoms with Gasteiger partial charge < -0.3 is 15.0 Å². The predicted molar refractivity (Wildman–Crippen MR) is 122 cm³/mol. The van der Waals surface area contributed by atoms with Crippen LogP contribution in [-0.4, -0.2) is 53.4 Å². The summed E-state index contributed by atoms with van der Waals surface area (Å²) in [5, 5.41) is 12.6. The number of carbonyl (C=O) groups excluding carboxylic acids is 1. The van der Waals surface area contributed by atoms with E-state index in [0.717, 1.165) is 40.7 Å². The molecular weight excluding hydrogens is 410 g/mol. The van der Waals surface area contributed by atoms with E-state index in [0.29, 0.717) is 31.1 Å². The lowest BCUT2D eigenvalue weighted by atomic mass is 10.1. The summed E-state index contributed by atoms with van der Waals surface area (Å²) < 4.78 is 7.46. The second kappa shape index (κ2) is 8.87. The van der Waals surface area contributed by atoms with Gasteiger partial charge >= 0.3 is 0 Å². The van der Waals surface area contributed by atoms with Crippen molar-refractivity contribution in [2.24, 2.45) is 0 Å². The fourth-order valence-corrected chi connectivity index (χ4v) is 4.90. The summed E-state index contributed by atoms with van der Waals surface area (Å²) in [5.41, 5.74) is 3.03. The number of rotatable bonds is 6. The molecule has 4 heterocycles. The molecular formula is C23H23N5O2S. The van der Waals surface area contributed by atoms with Gasteiger partial charge in [-0.15, -0.1) is 21.5 Å². The molecule has 1 aliphatic heterocycles. The minimum Gasteiger partial charge on any atom is -0.378 e. The molecule has 0 aliphatic carbocycles. The van der Waals surface area contributed by atoms with Crippen LogP contribution in [0.2, 0.25) is 0 Å². The first kappa shape index (κ1) is 19.7. The molecule has 1 fully saturated rings. The van der Waals surface area contributed by atoms with Crippen LogP contribution in [0.4, 0.5) is 5.00 Å². The third kappa shape index (κ3) is 4.17. The Balaban J connectivity index is 1.33. The van der Waals surface area contributed by atoms with E-state index in [4.69, 9.17) is 4.74 Å². The van der Waals surface area contributed by atoms with Crippen LogP contribution in [0.1, 0.15) is 15.5 Å². The molecule has 7 nitrogen and oxygen atoms in total. The molecule has 158 valence electrons. The van der Waals surface area contributed by atoms with Gasteiger partial charge in [0.05, 0.1) is 23.1 Å². The van der Waals surface area contributed by atoms with Gasteiger partial charge in [-0.25, -0.2) is 0 Å². The van der Waals surface area contributed by atoms with Crippen molar-refractivity contribution in [3.8, 4) is 11.1 Å². The zero-order chi connectivity index (χ0) is 21.0. The van der Waals surface area contributed by atoms with Crippen molar-refractivity contribution in [3.05, 3.63) is 71.5 Å². The topological polar surface area (TPSA) is 71.8 Å². The minimum atomic E-state index is -0.0597. The maximum absolute atomic E-state index is 12.9. The number of ether oxygens (including phenoxy) is 1. The monoisotopic (exact) mass is 433 g/mol.